The summed E-state index contributed by atoms with van der Waals surface area (Å²) in [6.45, 7) is 1.35. The van der Waals surface area contributed by atoms with E-state index in [1.165, 1.54) is 6.07 Å². The van der Waals surface area contributed by atoms with Gasteiger partial charge < -0.3 is 15.8 Å². The van der Waals surface area contributed by atoms with Gasteiger partial charge in [0.15, 0.2) is 0 Å². The number of hydrogen-bond donors (Lipinski definition) is 2. The Labute approximate surface area is 127 Å². The van der Waals surface area contributed by atoms with Gasteiger partial charge in [0, 0.05) is 31.5 Å². The first-order chi connectivity index (χ1) is 9.86. The Balaban J connectivity index is 2.67. The molecule has 21 heavy (non-hydrogen) atoms. The Morgan fingerprint density at radius 2 is 2.00 bits per heavy atom. The maximum absolute atomic E-state index is 12.7. The van der Waals surface area contributed by atoms with E-state index in [0.717, 1.165) is 31.4 Å². The number of methoxy groups -OCH3 is 1. The summed E-state index contributed by atoms with van der Waals surface area (Å²) in [6, 6.07) is 3.37. The van der Waals surface area contributed by atoms with E-state index in [1.807, 2.05) is 0 Å². The van der Waals surface area contributed by atoms with Crippen LogP contribution in [0, 0.1) is 0 Å². The predicted octanol–water partition coefficient (Wildman–Crippen LogP) is 3.57. The van der Waals surface area contributed by atoms with Crippen molar-refractivity contribution in [2.45, 2.75) is 25.4 Å². The van der Waals surface area contributed by atoms with Gasteiger partial charge in [-0.1, -0.05) is 12.2 Å². The second-order valence-electron chi connectivity index (χ2n) is 4.60. The zero-order valence-electron chi connectivity index (χ0n) is 11.8. The summed E-state index contributed by atoms with van der Waals surface area (Å²) in [4.78, 5) is -0.0528. The highest BCUT2D eigenvalue weighted by Crippen LogP contribution is 2.31. The van der Waals surface area contributed by atoms with Crippen LogP contribution >= 0.6 is 12.2 Å². The number of hydrogen-bond acceptors (Lipinski definition) is 3. The monoisotopic (exact) mass is 320 g/mol. The van der Waals surface area contributed by atoms with E-state index in [-0.39, 0.29) is 10.6 Å². The molecule has 0 amide bonds. The van der Waals surface area contributed by atoms with Gasteiger partial charge >= 0.3 is 6.18 Å². The lowest BCUT2D eigenvalue weighted by Crippen LogP contribution is -2.16. The first-order valence-corrected chi connectivity index (χ1v) is 7.01. The standard InChI is InChI=1S/C14H19F3N2OS/c1-20-8-4-2-3-7-19-12-6-5-10(14(15,16)17)9-11(12)13(18)21/h5-6,9,19H,2-4,7-8H2,1H3,(H2,18,21). The first-order valence-electron chi connectivity index (χ1n) is 6.60. The van der Waals surface area contributed by atoms with Crippen molar-refractivity contribution in [3.05, 3.63) is 29.3 Å². The van der Waals surface area contributed by atoms with Crippen molar-refractivity contribution >= 4 is 22.9 Å². The normalized spacial score (nSPS) is 11.4. The number of nitrogens with two attached hydrogens (primary N) is 1. The Bertz CT molecular complexity index is 478. The zero-order valence-corrected chi connectivity index (χ0v) is 12.6. The van der Waals surface area contributed by atoms with Crippen LogP contribution in [0.25, 0.3) is 0 Å². The van der Waals surface area contributed by atoms with Crippen LogP contribution in [0.4, 0.5) is 18.9 Å². The molecule has 3 nitrogen and oxygen atoms in total. The number of unbranched alkanes of at least 4 members (excludes halogenated alkanes) is 2. The highest BCUT2D eigenvalue weighted by Gasteiger charge is 2.31. The molecule has 0 spiro atoms. The third-order valence-corrected chi connectivity index (χ3v) is 3.17. The topological polar surface area (TPSA) is 47.3 Å². The molecule has 0 saturated heterocycles. The summed E-state index contributed by atoms with van der Waals surface area (Å²) in [5.74, 6) is 0. The predicted molar refractivity (Wildman–Crippen MR) is 81.5 cm³/mol. The maximum atomic E-state index is 12.7. The highest BCUT2D eigenvalue weighted by molar-refractivity contribution is 7.80. The Morgan fingerprint density at radius 1 is 1.29 bits per heavy atom. The average Bonchev–Trinajstić information content (AvgIpc) is 2.41. The Hall–Kier alpha value is -1.34. The zero-order chi connectivity index (χ0) is 15.9. The molecule has 1 aromatic carbocycles. The molecule has 118 valence electrons. The van der Waals surface area contributed by atoms with Gasteiger partial charge in [0.05, 0.1) is 5.56 Å². The van der Waals surface area contributed by atoms with E-state index in [4.69, 9.17) is 22.7 Å². The number of alkyl halides is 3. The van der Waals surface area contributed by atoms with Gasteiger partial charge in [-0.2, -0.15) is 13.2 Å². The van der Waals surface area contributed by atoms with Crippen molar-refractivity contribution in [3.63, 3.8) is 0 Å². The van der Waals surface area contributed by atoms with E-state index in [2.05, 4.69) is 5.32 Å². The molecule has 0 saturated carbocycles. The van der Waals surface area contributed by atoms with Crippen molar-refractivity contribution in [1.29, 1.82) is 0 Å². The van der Waals surface area contributed by atoms with E-state index in [9.17, 15) is 13.2 Å². The number of nitrogens with one attached hydrogen (secondary N) is 1. The molecule has 7 heteroatoms. The summed E-state index contributed by atoms with van der Waals surface area (Å²) < 4.78 is 43.0. The molecule has 0 unspecified atom stereocenters. The van der Waals surface area contributed by atoms with Crippen LogP contribution in [0.1, 0.15) is 30.4 Å². The van der Waals surface area contributed by atoms with Crippen molar-refractivity contribution in [2.24, 2.45) is 5.73 Å². The van der Waals surface area contributed by atoms with Crippen LogP contribution in [-0.4, -0.2) is 25.2 Å². The van der Waals surface area contributed by atoms with E-state index in [0.29, 0.717) is 18.8 Å². The minimum atomic E-state index is -4.40. The second-order valence-corrected chi connectivity index (χ2v) is 5.04. The number of anilines is 1. The number of ether oxygens (including phenoxy) is 1. The largest absolute Gasteiger partial charge is 0.416 e. The quantitative estimate of drug-likeness (QED) is 0.568. The molecule has 0 aromatic heterocycles. The number of rotatable bonds is 8. The highest BCUT2D eigenvalue weighted by atomic mass is 32.1. The van der Waals surface area contributed by atoms with Crippen LogP contribution in [0.15, 0.2) is 18.2 Å². The minimum Gasteiger partial charge on any atom is -0.389 e. The van der Waals surface area contributed by atoms with Crippen LogP contribution in [-0.2, 0) is 10.9 Å². The maximum Gasteiger partial charge on any atom is 0.416 e. The van der Waals surface area contributed by atoms with Crippen LogP contribution in [0.5, 0.6) is 0 Å². The summed E-state index contributed by atoms with van der Waals surface area (Å²) in [6.07, 6.45) is -1.59. The average molecular weight is 320 g/mol. The fourth-order valence-corrected chi connectivity index (χ4v) is 2.02. The summed E-state index contributed by atoms with van der Waals surface area (Å²) in [5.41, 5.74) is 5.50. The first kappa shape index (κ1) is 17.7. The molecular formula is C14H19F3N2OS. The van der Waals surface area contributed by atoms with E-state index < -0.39 is 11.7 Å². The third-order valence-electron chi connectivity index (χ3n) is 2.95. The van der Waals surface area contributed by atoms with Gasteiger partial charge in [-0.15, -0.1) is 0 Å². The smallest absolute Gasteiger partial charge is 0.389 e. The van der Waals surface area contributed by atoms with E-state index >= 15 is 0 Å². The summed E-state index contributed by atoms with van der Waals surface area (Å²) in [5, 5.41) is 3.07. The lowest BCUT2D eigenvalue weighted by molar-refractivity contribution is -0.137. The Morgan fingerprint density at radius 3 is 2.57 bits per heavy atom. The number of thiocarbonyl (C=S) groups is 1. The van der Waals surface area contributed by atoms with E-state index in [1.54, 1.807) is 7.11 Å². The minimum absolute atomic E-state index is 0.0528. The molecule has 0 aliphatic heterocycles. The fraction of sp³-hybridized carbons (Fsp3) is 0.500. The molecule has 3 N–H and O–H groups in total. The van der Waals surface area contributed by atoms with Crippen LogP contribution in [0.2, 0.25) is 0 Å². The molecular weight excluding hydrogens is 301 g/mol. The third kappa shape index (κ3) is 5.89. The molecule has 1 rings (SSSR count). The summed E-state index contributed by atoms with van der Waals surface area (Å²) in [7, 11) is 1.65. The lowest BCUT2D eigenvalue weighted by atomic mass is 10.1. The van der Waals surface area contributed by atoms with Crippen LogP contribution in [0.3, 0.4) is 0 Å². The molecule has 0 radical (unpaired) electrons. The van der Waals surface area contributed by atoms with Gasteiger partial charge in [-0.3, -0.25) is 0 Å². The number of benzene rings is 1. The fourth-order valence-electron chi connectivity index (χ4n) is 1.85. The Kier molecular flexibility index (Phi) is 6.91. The molecule has 0 aliphatic rings. The molecule has 0 fully saturated rings. The van der Waals surface area contributed by atoms with Gasteiger partial charge in [0.2, 0.25) is 0 Å². The van der Waals surface area contributed by atoms with Crippen molar-refractivity contribution in [3.8, 4) is 0 Å². The lowest BCUT2D eigenvalue weighted by Gasteiger charge is -2.14. The van der Waals surface area contributed by atoms with Crippen molar-refractivity contribution in [1.82, 2.24) is 0 Å². The molecule has 1 aromatic rings. The van der Waals surface area contributed by atoms with Gasteiger partial charge in [0.1, 0.15) is 4.99 Å². The molecule has 0 aliphatic carbocycles. The second kappa shape index (κ2) is 8.19. The van der Waals surface area contributed by atoms with Crippen molar-refractivity contribution in [2.75, 3.05) is 25.6 Å². The summed E-state index contributed by atoms with van der Waals surface area (Å²) >= 11 is 4.82. The van der Waals surface area contributed by atoms with Crippen LogP contribution < -0.4 is 11.1 Å². The number of halogens is 3. The SMILES string of the molecule is COCCCCCNc1ccc(C(F)(F)F)cc1C(N)=S. The van der Waals surface area contributed by atoms with Crippen molar-refractivity contribution < 1.29 is 17.9 Å². The molecule has 0 atom stereocenters. The van der Waals surface area contributed by atoms with Gasteiger partial charge in [0.25, 0.3) is 0 Å². The molecule has 0 bridgehead atoms. The molecule has 0 heterocycles. The van der Waals surface area contributed by atoms with Gasteiger partial charge in [-0.05, 0) is 37.5 Å². The van der Waals surface area contributed by atoms with Gasteiger partial charge in [-0.25, -0.2) is 0 Å².